The van der Waals surface area contributed by atoms with Crippen molar-refractivity contribution in [1.82, 2.24) is 14.9 Å². The molecule has 0 spiro atoms. The van der Waals surface area contributed by atoms with Crippen LogP contribution in [0.1, 0.15) is 49.9 Å². The van der Waals surface area contributed by atoms with Gasteiger partial charge in [0.25, 0.3) is 0 Å². The smallest absolute Gasteiger partial charge is 0.244 e. The van der Waals surface area contributed by atoms with Crippen molar-refractivity contribution < 1.29 is 8.42 Å². The van der Waals surface area contributed by atoms with Gasteiger partial charge in [0, 0.05) is 13.1 Å². The van der Waals surface area contributed by atoms with E-state index in [1.165, 1.54) is 25.7 Å². The van der Waals surface area contributed by atoms with Gasteiger partial charge in [-0.05, 0) is 25.7 Å². The van der Waals surface area contributed by atoms with Crippen LogP contribution in [-0.4, -0.2) is 25.2 Å². The minimum absolute atomic E-state index is 0.114. The van der Waals surface area contributed by atoms with E-state index in [0.29, 0.717) is 17.9 Å². The zero-order valence-electron chi connectivity index (χ0n) is 12.0. The van der Waals surface area contributed by atoms with E-state index in [9.17, 15) is 8.42 Å². The molecular weight excluding hydrogens is 276 g/mol. The van der Waals surface area contributed by atoms with Crippen molar-refractivity contribution in [3.8, 4) is 0 Å². The van der Waals surface area contributed by atoms with Crippen molar-refractivity contribution >= 4 is 10.0 Å². The summed E-state index contributed by atoms with van der Waals surface area (Å²) in [5, 5.41) is 6.60. The van der Waals surface area contributed by atoms with Crippen LogP contribution in [0.3, 0.4) is 0 Å². The molecule has 6 nitrogen and oxygen atoms in total. The highest BCUT2D eigenvalue weighted by Gasteiger charge is 2.23. The Morgan fingerprint density at radius 3 is 2.75 bits per heavy atom. The largest absolute Gasteiger partial charge is 0.325 e. The molecule has 0 aromatic carbocycles. The van der Waals surface area contributed by atoms with Crippen LogP contribution in [-0.2, 0) is 16.6 Å². The van der Waals surface area contributed by atoms with E-state index in [1.54, 1.807) is 6.92 Å². The number of sulfonamides is 1. The molecule has 0 unspecified atom stereocenters. The Kier molecular flexibility index (Phi) is 5.17. The van der Waals surface area contributed by atoms with E-state index < -0.39 is 10.0 Å². The fraction of sp³-hybridized carbons (Fsp3) is 0.769. The molecule has 1 aromatic heterocycles. The minimum atomic E-state index is -3.51. The van der Waals surface area contributed by atoms with Gasteiger partial charge in [-0.2, -0.15) is 5.10 Å². The van der Waals surface area contributed by atoms with Crippen LogP contribution < -0.4 is 10.5 Å². The normalized spacial score (nSPS) is 16.9. The maximum atomic E-state index is 12.3. The molecule has 0 bridgehead atoms. The molecule has 1 aliphatic rings. The maximum absolute atomic E-state index is 12.3. The minimum Gasteiger partial charge on any atom is -0.325 e. The molecule has 114 valence electrons. The summed E-state index contributed by atoms with van der Waals surface area (Å²) in [6.07, 6.45) is 7.24. The Balaban J connectivity index is 1.88. The van der Waals surface area contributed by atoms with Gasteiger partial charge in [-0.3, -0.25) is 5.10 Å². The Morgan fingerprint density at radius 1 is 1.40 bits per heavy atom. The van der Waals surface area contributed by atoms with E-state index in [0.717, 1.165) is 18.8 Å². The third-order valence-corrected chi connectivity index (χ3v) is 5.64. The number of nitrogens with one attached hydrogen (secondary N) is 2. The number of aryl methyl sites for hydroxylation is 1. The Morgan fingerprint density at radius 2 is 2.10 bits per heavy atom. The van der Waals surface area contributed by atoms with Crippen LogP contribution in [0, 0.1) is 12.8 Å². The third kappa shape index (κ3) is 3.59. The summed E-state index contributed by atoms with van der Waals surface area (Å²) in [6.45, 7) is 2.29. The van der Waals surface area contributed by atoms with E-state index in [4.69, 9.17) is 5.73 Å². The summed E-state index contributed by atoms with van der Waals surface area (Å²) >= 11 is 0. The van der Waals surface area contributed by atoms with Gasteiger partial charge in [0.05, 0.1) is 11.4 Å². The second-order valence-electron chi connectivity index (χ2n) is 5.52. The molecule has 0 saturated heterocycles. The zero-order chi connectivity index (χ0) is 14.6. The molecule has 1 aliphatic carbocycles. The highest BCUT2D eigenvalue weighted by Crippen LogP contribution is 2.28. The summed E-state index contributed by atoms with van der Waals surface area (Å²) in [6, 6.07) is 0. The van der Waals surface area contributed by atoms with Crippen molar-refractivity contribution in [2.45, 2.75) is 56.9 Å². The van der Waals surface area contributed by atoms with Gasteiger partial charge in [0.15, 0.2) is 0 Å². The monoisotopic (exact) mass is 300 g/mol. The molecule has 1 saturated carbocycles. The highest BCUT2D eigenvalue weighted by atomic mass is 32.2. The molecule has 2 rings (SSSR count). The summed E-state index contributed by atoms with van der Waals surface area (Å²) in [5.41, 5.74) is 6.45. The molecule has 4 N–H and O–H groups in total. The second kappa shape index (κ2) is 6.69. The fourth-order valence-electron chi connectivity index (χ4n) is 2.93. The number of nitrogens with two attached hydrogens (primary N) is 1. The first-order chi connectivity index (χ1) is 9.54. The lowest BCUT2D eigenvalue weighted by Crippen LogP contribution is -2.26. The summed E-state index contributed by atoms with van der Waals surface area (Å²) in [7, 11) is -3.51. The van der Waals surface area contributed by atoms with Crippen LogP contribution in [0.4, 0.5) is 0 Å². The standard InChI is InChI=1S/C13H24N4O2S/c1-10-13(12(9-14)17-16-10)20(18,19)15-8-4-7-11-5-2-3-6-11/h11,15H,2-9,14H2,1H3,(H,16,17). The summed E-state index contributed by atoms with van der Waals surface area (Å²) < 4.78 is 27.2. The lowest BCUT2D eigenvalue weighted by Gasteiger charge is -2.10. The van der Waals surface area contributed by atoms with Gasteiger partial charge in [-0.15, -0.1) is 0 Å². The van der Waals surface area contributed by atoms with E-state index in [2.05, 4.69) is 14.9 Å². The molecule has 1 aromatic rings. The molecule has 1 heterocycles. The van der Waals surface area contributed by atoms with Crippen molar-refractivity contribution in [3.63, 3.8) is 0 Å². The van der Waals surface area contributed by atoms with Gasteiger partial charge >= 0.3 is 0 Å². The second-order valence-corrected chi connectivity index (χ2v) is 7.22. The molecule has 20 heavy (non-hydrogen) atoms. The summed E-state index contributed by atoms with van der Waals surface area (Å²) in [5.74, 6) is 0.787. The average molecular weight is 300 g/mol. The predicted molar refractivity (Wildman–Crippen MR) is 77.6 cm³/mol. The van der Waals surface area contributed by atoms with E-state index >= 15 is 0 Å². The van der Waals surface area contributed by atoms with Crippen molar-refractivity contribution in [2.75, 3.05) is 6.54 Å². The van der Waals surface area contributed by atoms with E-state index in [-0.39, 0.29) is 11.4 Å². The van der Waals surface area contributed by atoms with E-state index in [1.807, 2.05) is 0 Å². The first-order valence-corrected chi connectivity index (χ1v) is 8.76. The van der Waals surface area contributed by atoms with Gasteiger partial charge < -0.3 is 5.73 Å². The van der Waals surface area contributed by atoms with Gasteiger partial charge in [0.1, 0.15) is 4.90 Å². The number of nitrogens with zero attached hydrogens (tertiary/aromatic N) is 1. The third-order valence-electron chi connectivity index (χ3n) is 3.98. The SMILES string of the molecule is Cc1[nH]nc(CN)c1S(=O)(=O)NCCCC1CCCC1. The molecule has 0 aliphatic heterocycles. The van der Waals surface area contributed by atoms with Crippen molar-refractivity contribution in [2.24, 2.45) is 11.7 Å². The topological polar surface area (TPSA) is 101 Å². The van der Waals surface area contributed by atoms with Crippen LogP contribution in [0.15, 0.2) is 4.90 Å². The summed E-state index contributed by atoms with van der Waals surface area (Å²) in [4.78, 5) is 0.209. The van der Waals surface area contributed by atoms with Crippen LogP contribution in [0.5, 0.6) is 0 Å². The molecule has 7 heteroatoms. The number of hydrogen-bond acceptors (Lipinski definition) is 4. The van der Waals surface area contributed by atoms with Crippen molar-refractivity contribution in [3.05, 3.63) is 11.4 Å². The van der Waals surface area contributed by atoms with Gasteiger partial charge in [-0.25, -0.2) is 13.1 Å². The maximum Gasteiger partial charge on any atom is 0.244 e. The van der Waals surface area contributed by atoms with Crippen LogP contribution in [0.25, 0.3) is 0 Å². The highest BCUT2D eigenvalue weighted by molar-refractivity contribution is 7.89. The fourth-order valence-corrected chi connectivity index (χ4v) is 4.38. The first-order valence-electron chi connectivity index (χ1n) is 7.28. The molecule has 1 fully saturated rings. The van der Waals surface area contributed by atoms with Gasteiger partial charge in [-0.1, -0.05) is 25.7 Å². The van der Waals surface area contributed by atoms with Gasteiger partial charge in [0.2, 0.25) is 10.0 Å². The first kappa shape index (κ1) is 15.5. The lowest BCUT2D eigenvalue weighted by molar-refractivity contribution is 0.480. The molecular formula is C13H24N4O2S. The van der Waals surface area contributed by atoms with Crippen LogP contribution in [0.2, 0.25) is 0 Å². The van der Waals surface area contributed by atoms with Crippen LogP contribution >= 0.6 is 0 Å². The number of aromatic amines is 1. The Bertz CT molecular complexity index is 533. The molecule has 0 atom stereocenters. The zero-order valence-corrected chi connectivity index (χ0v) is 12.8. The Labute approximate surface area is 120 Å². The van der Waals surface area contributed by atoms with Crippen molar-refractivity contribution in [1.29, 1.82) is 0 Å². The molecule has 0 amide bonds. The number of H-pyrrole nitrogens is 1. The predicted octanol–water partition coefficient (Wildman–Crippen LogP) is 1.43. The lowest BCUT2D eigenvalue weighted by atomic mass is 10.0. The number of rotatable bonds is 7. The number of aromatic nitrogens is 2. The average Bonchev–Trinajstić information content (AvgIpc) is 3.03. The Hall–Kier alpha value is -0.920. The molecule has 0 radical (unpaired) electrons. The quantitative estimate of drug-likeness (QED) is 0.663. The number of hydrogen-bond donors (Lipinski definition) is 3.